The zero-order valence-corrected chi connectivity index (χ0v) is 10.4. The number of nitrogens with one attached hydrogen (secondary N) is 1. The van der Waals surface area contributed by atoms with Gasteiger partial charge in [0, 0.05) is 19.6 Å². The quantitative estimate of drug-likeness (QED) is 0.868. The van der Waals surface area contributed by atoms with Crippen LogP contribution in [0.4, 0.5) is 11.4 Å². The summed E-state index contributed by atoms with van der Waals surface area (Å²) >= 11 is 0. The average molecular weight is 246 g/mol. The van der Waals surface area contributed by atoms with Gasteiger partial charge in [-0.3, -0.25) is 4.79 Å². The number of carbonyl (C=O) groups excluding carboxylic acids is 1. The van der Waals surface area contributed by atoms with Crippen molar-refractivity contribution in [3.63, 3.8) is 0 Å². The number of hydrogen-bond acceptors (Lipinski definition) is 3. The zero-order chi connectivity index (χ0) is 12.4. The largest absolute Gasteiger partial charge is 0.383 e. The lowest BCUT2D eigenvalue weighted by molar-refractivity contribution is -0.118. The molecule has 96 valence electrons. The number of ether oxygens (including phenoxy) is 1. The van der Waals surface area contributed by atoms with Gasteiger partial charge in [-0.05, 0) is 25.0 Å². The van der Waals surface area contributed by atoms with Crippen LogP contribution < -0.4 is 10.2 Å². The fraction of sp³-hybridized carbons (Fsp3) is 0.500. The highest BCUT2D eigenvalue weighted by molar-refractivity contribution is 5.98. The molecule has 1 saturated heterocycles. The first-order valence-corrected chi connectivity index (χ1v) is 6.59. The molecule has 2 aliphatic heterocycles. The van der Waals surface area contributed by atoms with Gasteiger partial charge in [-0.2, -0.15) is 0 Å². The van der Waals surface area contributed by atoms with E-state index >= 15 is 0 Å². The van der Waals surface area contributed by atoms with Crippen LogP contribution in [0.5, 0.6) is 0 Å². The second-order valence-electron chi connectivity index (χ2n) is 4.83. The van der Waals surface area contributed by atoms with Gasteiger partial charge in [0.2, 0.25) is 5.91 Å². The lowest BCUT2D eigenvalue weighted by atomic mass is 10.2. The van der Waals surface area contributed by atoms with Gasteiger partial charge in [0.1, 0.15) is 0 Å². The number of anilines is 2. The van der Waals surface area contributed by atoms with Crippen molar-refractivity contribution in [1.29, 1.82) is 0 Å². The van der Waals surface area contributed by atoms with Crippen molar-refractivity contribution in [2.75, 3.05) is 29.9 Å². The van der Waals surface area contributed by atoms with Gasteiger partial charge >= 0.3 is 0 Å². The summed E-state index contributed by atoms with van der Waals surface area (Å²) in [5, 5.41) is 3.31. The zero-order valence-electron chi connectivity index (χ0n) is 10.4. The SMILES string of the molecule is O=C1CCNc2ccccc2N1CC1CCCO1. The van der Waals surface area contributed by atoms with E-state index in [-0.39, 0.29) is 12.0 Å². The molecule has 3 rings (SSSR count). The van der Waals surface area contributed by atoms with Crippen LogP contribution in [0.25, 0.3) is 0 Å². The van der Waals surface area contributed by atoms with Gasteiger partial charge in [0.25, 0.3) is 0 Å². The summed E-state index contributed by atoms with van der Waals surface area (Å²) in [5.74, 6) is 0.183. The molecule has 1 N–H and O–H groups in total. The molecule has 18 heavy (non-hydrogen) atoms. The number of fused-ring (bicyclic) bond motifs is 1. The van der Waals surface area contributed by atoms with Crippen molar-refractivity contribution < 1.29 is 9.53 Å². The normalized spacial score (nSPS) is 23.4. The number of nitrogens with zero attached hydrogens (tertiary/aromatic N) is 1. The maximum absolute atomic E-state index is 12.2. The summed E-state index contributed by atoms with van der Waals surface area (Å²) in [4.78, 5) is 14.1. The van der Waals surface area contributed by atoms with Gasteiger partial charge in [0.05, 0.1) is 24.0 Å². The molecule has 0 bridgehead atoms. The average Bonchev–Trinajstić information content (AvgIpc) is 2.84. The fourth-order valence-corrected chi connectivity index (χ4v) is 2.62. The van der Waals surface area contributed by atoms with E-state index in [1.54, 1.807) is 0 Å². The standard InChI is InChI=1S/C14H18N2O2/c17-14-7-8-15-12-5-1-2-6-13(12)16(14)10-11-4-3-9-18-11/h1-2,5-6,11,15H,3-4,7-10H2. The molecule has 4 nitrogen and oxygen atoms in total. The van der Waals surface area contributed by atoms with E-state index in [1.165, 1.54) is 0 Å². The van der Waals surface area contributed by atoms with Gasteiger partial charge < -0.3 is 15.0 Å². The molecule has 1 atom stereocenters. The van der Waals surface area contributed by atoms with Crippen LogP contribution in [0, 0.1) is 0 Å². The highest BCUT2D eigenvalue weighted by atomic mass is 16.5. The third kappa shape index (κ3) is 2.20. The molecule has 0 saturated carbocycles. The van der Waals surface area contributed by atoms with Crippen LogP contribution in [0.15, 0.2) is 24.3 Å². The summed E-state index contributed by atoms with van der Waals surface area (Å²) in [5.41, 5.74) is 2.02. The lowest BCUT2D eigenvalue weighted by Crippen LogP contribution is -2.37. The minimum absolute atomic E-state index is 0.183. The maximum Gasteiger partial charge on any atom is 0.228 e. The maximum atomic E-state index is 12.2. The predicted octanol–water partition coefficient (Wildman–Crippen LogP) is 2.01. The lowest BCUT2D eigenvalue weighted by Gasteiger charge is -2.25. The molecule has 2 heterocycles. The highest BCUT2D eigenvalue weighted by Gasteiger charge is 2.26. The topological polar surface area (TPSA) is 41.6 Å². The van der Waals surface area contributed by atoms with Crippen LogP contribution >= 0.6 is 0 Å². The van der Waals surface area contributed by atoms with E-state index < -0.39 is 0 Å². The van der Waals surface area contributed by atoms with E-state index in [0.717, 1.165) is 30.8 Å². The van der Waals surface area contributed by atoms with Crippen LogP contribution in [0.2, 0.25) is 0 Å². The van der Waals surface area contributed by atoms with E-state index in [1.807, 2.05) is 29.2 Å². The third-order valence-electron chi connectivity index (χ3n) is 3.56. The number of carbonyl (C=O) groups is 1. The Morgan fingerprint density at radius 2 is 2.28 bits per heavy atom. The summed E-state index contributed by atoms with van der Waals surface area (Å²) in [7, 11) is 0. The summed E-state index contributed by atoms with van der Waals surface area (Å²) in [6.45, 7) is 2.21. The number of para-hydroxylation sites is 2. The van der Waals surface area contributed by atoms with Crippen molar-refractivity contribution in [2.24, 2.45) is 0 Å². The predicted molar refractivity (Wildman–Crippen MR) is 70.9 cm³/mol. The molecule has 0 radical (unpaired) electrons. The Morgan fingerprint density at radius 3 is 3.11 bits per heavy atom. The van der Waals surface area contributed by atoms with E-state index in [9.17, 15) is 4.79 Å². The Morgan fingerprint density at radius 1 is 1.39 bits per heavy atom. The van der Waals surface area contributed by atoms with Crippen molar-refractivity contribution in [3.8, 4) is 0 Å². The Hall–Kier alpha value is -1.55. The van der Waals surface area contributed by atoms with Crippen LogP contribution in [-0.4, -0.2) is 31.7 Å². The number of hydrogen-bond donors (Lipinski definition) is 1. The molecule has 1 aromatic rings. The molecule has 1 fully saturated rings. The second kappa shape index (κ2) is 4.98. The van der Waals surface area contributed by atoms with E-state index in [0.29, 0.717) is 19.5 Å². The first-order valence-electron chi connectivity index (χ1n) is 6.59. The smallest absolute Gasteiger partial charge is 0.228 e. The molecule has 1 amide bonds. The first kappa shape index (κ1) is 11.5. The molecule has 0 spiro atoms. The number of rotatable bonds is 2. The second-order valence-corrected chi connectivity index (χ2v) is 4.83. The fourth-order valence-electron chi connectivity index (χ4n) is 2.62. The molecule has 4 heteroatoms. The minimum Gasteiger partial charge on any atom is -0.383 e. The molecule has 0 aromatic heterocycles. The number of benzene rings is 1. The third-order valence-corrected chi connectivity index (χ3v) is 3.56. The van der Waals surface area contributed by atoms with Crippen LogP contribution in [-0.2, 0) is 9.53 Å². The van der Waals surface area contributed by atoms with Crippen molar-refractivity contribution in [3.05, 3.63) is 24.3 Å². The Balaban J connectivity index is 1.87. The molecular weight excluding hydrogens is 228 g/mol. The first-order chi connectivity index (χ1) is 8.84. The summed E-state index contributed by atoms with van der Waals surface area (Å²) < 4.78 is 5.65. The number of amides is 1. The summed E-state index contributed by atoms with van der Waals surface area (Å²) in [6, 6.07) is 7.99. The van der Waals surface area contributed by atoms with Gasteiger partial charge in [0.15, 0.2) is 0 Å². The molecule has 0 aliphatic carbocycles. The van der Waals surface area contributed by atoms with Crippen molar-refractivity contribution in [1.82, 2.24) is 0 Å². The Labute approximate surface area is 107 Å². The molecular formula is C14H18N2O2. The van der Waals surface area contributed by atoms with Gasteiger partial charge in [-0.1, -0.05) is 12.1 Å². The molecule has 2 aliphatic rings. The highest BCUT2D eigenvalue weighted by Crippen LogP contribution is 2.29. The van der Waals surface area contributed by atoms with Crippen LogP contribution in [0.1, 0.15) is 19.3 Å². The molecule has 1 aromatic carbocycles. The Bertz CT molecular complexity index is 441. The van der Waals surface area contributed by atoms with Gasteiger partial charge in [-0.15, -0.1) is 0 Å². The van der Waals surface area contributed by atoms with Gasteiger partial charge in [-0.25, -0.2) is 0 Å². The summed E-state index contributed by atoms with van der Waals surface area (Å²) in [6.07, 6.45) is 2.90. The molecule has 1 unspecified atom stereocenters. The van der Waals surface area contributed by atoms with Crippen LogP contribution in [0.3, 0.4) is 0 Å². The Kier molecular flexibility index (Phi) is 3.19. The van der Waals surface area contributed by atoms with Crippen molar-refractivity contribution in [2.45, 2.75) is 25.4 Å². The van der Waals surface area contributed by atoms with E-state index in [2.05, 4.69) is 5.32 Å². The monoisotopic (exact) mass is 246 g/mol. The van der Waals surface area contributed by atoms with E-state index in [4.69, 9.17) is 4.74 Å². The van der Waals surface area contributed by atoms with Crippen molar-refractivity contribution >= 4 is 17.3 Å². The minimum atomic E-state index is 0.183.